The molecule has 4 aliphatic carbocycles. The van der Waals surface area contributed by atoms with Crippen LogP contribution in [0.4, 0.5) is 0 Å². The highest BCUT2D eigenvalue weighted by atomic mass is 16.3. The lowest BCUT2D eigenvalue weighted by atomic mass is 9.45. The molecule has 4 heteroatoms. The van der Waals surface area contributed by atoms with Crippen LogP contribution in [0.15, 0.2) is 23.0 Å². The first-order valence-corrected chi connectivity index (χ1v) is 10.4. The molecule has 8 atom stereocenters. The molecule has 4 nitrogen and oxygen atoms in total. The Kier molecular flexibility index (Phi) is 3.42. The molecule has 0 aliphatic heterocycles. The maximum Gasteiger partial charge on any atom is 0.101 e. The maximum atomic E-state index is 12.0. The molecule has 26 heavy (non-hydrogen) atoms. The summed E-state index contributed by atoms with van der Waals surface area (Å²) in [4.78, 5) is 0. The topological polar surface area (TPSA) is 73.8 Å². The van der Waals surface area contributed by atoms with Gasteiger partial charge in [0, 0.05) is 11.0 Å². The van der Waals surface area contributed by atoms with Gasteiger partial charge in [0.25, 0.3) is 0 Å². The second-order valence-corrected chi connectivity index (χ2v) is 10.3. The highest BCUT2D eigenvalue weighted by Gasteiger charge is 2.72. The van der Waals surface area contributed by atoms with E-state index in [4.69, 9.17) is 4.42 Å². The van der Waals surface area contributed by atoms with E-state index in [0.29, 0.717) is 24.7 Å². The lowest BCUT2D eigenvalue weighted by molar-refractivity contribution is -0.230. The van der Waals surface area contributed by atoms with Crippen molar-refractivity contribution in [2.45, 2.75) is 82.5 Å². The van der Waals surface area contributed by atoms with Gasteiger partial charge in [-0.05, 0) is 80.6 Å². The third-order valence-electron chi connectivity index (χ3n) is 9.63. The lowest BCUT2D eigenvalue weighted by Gasteiger charge is -2.62. The fraction of sp³-hybridized carbons (Fsp3) is 0.818. The summed E-state index contributed by atoms with van der Waals surface area (Å²) in [6, 6.07) is 1.86. The van der Waals surface area contributed by atoms with E-state index in [2.05, 4.69) is 13.8 Å². The third-order valence-corrected chi connectivity index (χ3v) is 9.63. The Balaban J connectivity index is 1.55. The van der Waals surface area contributed by atoms with Crippen molar-refractivity contribution >= 4 is 0 Å². The Morgan fingerprint density at radius 3 is 2.58 bits per heavy atom. The van der Waals surface area contributed by atoms with Crippen molar-refractivity contribution in [3.05, 3.63) is 24.2 Å². The summed E-state index contributed by atoms with van der Waals surface area (Å²) in [6.07, 6.45) is 10.1. The standard InChI is InChI=1S/C22H32O4/c1-19-12-16(23)11-14(19)3-4-18-17(19)5-7-20(2)21(24,8-9-22(18,20)25)15-6-10-26-13-15/h6,10,13-14,16-18,23-25H,3-5,7-9,11-12H2,1-2H3/t14?,16?,17?,18?,19-,20?,21+,22+/m0/s1. The zero-order chi connectivity index (χ0) is 18.4. The molecule has 0 bridgehead atoms. The SMILES string of the molecule is CC12CCC3C(CCC4CC(O)C[C@@]43C)[C@]1(O)CC[C@@]2(O)c1ccoc1. The fourth-order valence-electron chi connectivity index (χ4n) is 8.11. The molecule has 4 aliphatic rings. The van der Waals surface area contributed by atoms with Gasteiger partial charge < -0.3 is 19.7 Å². The Morgan fingerprint density at radius 2 is 1.85 bits per heavy atom. The predicted molar refractivity (Wildman–Crippen MR) is 97.2 cm³/mol. The van der Waals surface area contributed by atoms with Crippen LogP contribution in [0.25, 0.3) is 0 Å². The molecule has 0 aromatic carbocycles. The molecule has 1 aromatic heterocycles. The van der Waals surface area contributed by atoms with E-state index in [1.54, 1.807) is 12.5 Å². The van der Waals surface area contributed by atoms with Crippen LogP contribution >= 0.6 is 0 Å². The van der Waals surface area contributed by atoms with Gasteiger partial charge in [0.15, 0.2) is 0 Å². The fourth-order valence-corrected chi connectivity index (χ4v) is 8.11. The first kappa shape index (κ1) is 17.3. The van der Waals surface area contributed by atoms with E-state index in [0.717, 1.165) is 44.1 Å². The number of aliphatic hydroxyl groups is 3. The van der Waals surface area contributed by atoms with Crippen LogP contribution in [0.1, 0.15) is 70.8 Å². The average Bonchev–Trinajstić information content (AvgIpc) is 3.26. The van der Waals surface area contributed by atoms with E-state index in [1.165, 1.54) is 0 Å². The minimum atomic E-state index is -1.02. The van der Waals surface area contributed by atoms with Gasteiger partial charge in [-0.2, -0.15) is 0 Å². The van der Waals surface area contributed by atoms with Crippen molar-refractivity contribution in [1.82, 2.24) is 0 Å². The van der Waals surface area contributed by atoms with Crippen LogP contribution in [0.5, 0.6) is 0 Å². The molecule has 5 rings (SSSR count). The van der Waals surface area contributed by atoms with Gasteiger partial charge in [-0.15, -0.1) is 0 Å². The molecule has 5 unspecified atom stereocenters. The summed E-state index contributed by atoms with van der Waals surface area (Å²) in [7, 11) is 0. The van der Waals surface area contributed by atoms with E-state index in [-0.39, 0.29) is 17.4 Å². The lowest BCUT2D eigenvalue weighted by Crippen LogP contribution is -2.63. The summed E-state index contributed by atoms with van der Waals surface area (Å²) in [5.41, 5.74) is -1.47. The third kappa shape index (κ3) is 1.81. The van der Waals surface area contributed by atoms with Crippen molar-refractivity contribution in [1.29, 1.82) is 0 Å². The first-order valence-electron chi connectivity index (χ1n) is 10.4. The quantitative estimate of drug-likeness (QED) is 0.715. The summed E-state index contributed by atoms with van der Waals surface area (Å²) in [5.74, 6) is 1.25. The Hall–Kier alpha value is -0.840. The smallest absolute Gasteiger partial charge is 0.101 e. The van der Waals surface area contributed by atoms with Gasteiger partial charge in [-0.1, -0.05) is 13.8 Å². The Labute approximate surface area is 155 Å². The van der Waals surface area contributed by atoms with Crippen LogP contribution in [-0.2, 0) is 5.60 Å². The van der Waals surface area contributed by atoms with Crippen LogP contribution < -0.4 is 0 Å². The molecule has 1 heterocycles. The van der Waals surface area contributed by atoms with Crippen LogP contribution in [0, 0.1) is 28.6 Å². The number of hydrogen-bond acceptors (Lipinski definition) is 4. The average molecular weight is 360 g/mol. The zero-order valence-corrected chi connectivity index (χ0v) is 15.9. The molecule has 3 N–H and O–H groups in total. The highest BCUT2D eigenvalue weighted by molar-refractivity contribution is 5.30. The van der Waals surface area contributed by atoms with E-state index >= 15 is 0 Å². The molecule has 0 radical (unpaired) electrons. The van der Waals surface area contributed by atoms with Gasteiger partial charge in [0.1, 0.15) is 5.60 Å². The summed E-state index contributed by atoms with van der Waals surface area (Å²) in [5, 5.41) is 34.1. The molecule has 4 fully saturated rings. The molecule has 1 aromatic rings. The van der Waals surface area contributed by atoms with Gasteiger partial charge in [-0.3, -0.25) is 0 Å². The van der Waals surface area contributed by atoms with E-state index in [9.17, 15) is 15.3 Å². The van der Waals surface area contributed by atoms with Crippen molar-refractivity contribution < 1.29 is 19.7 Å². The summed E-state index contributed by atoms with van der Waals surface area (Å²) >= 11 is 0. The summed E-state index contributed by atoms with van der Waals surface area (Å²) in [6.45, 7) is 4.45. The van der Waals surface area contributed by atoms with Crippen LogP contribution in [-0.4, -0.2) is 27.0 Å². The molecule has 0 spiro atoms. The molecule has 4 saturated carbocycles. The largest absolute Gasteiger partial charge is 0.472 e. The molecule has 0 amide bonds. The van der Waals surface area contributed by atoms with Crippen LogP contribution in [0.3, 0.4) is 0 Å². The van der Waals surface area contributed by atoms with Gasteiger partial charge in [-0.25, -0.2) is 0 Å². The number of rotatable bonds is 1. The minimum absolute atomic E-state index is 0.135. The van der Waals surface area contributed by atoms with E-state index in [1.807, 2.05) is 6.07 Å². The Bertz CT molecular complexity index is 701. The second kappa shape index (κ2) is 5.15. The maximum absolute atomic E-state index is 12.0. The van der Waals surface area contributed by atoms with Gasteiger partial charge >= 0.3 is 0 Å². The molecule has 0 saturated heterocycles. The zero-order valence-electron chi connectivity index (χ0n) is 15.9. The molecule has 144 valence electrons. The molecular weight excluding hydrogens is 328 g/mol. The predicted octanol–water partition coefficient (Wildman–Crippen LogP) is 3.60. The van der Waals surface area contributed by atoms with Gasteiger partial charge in [0.2, 0.25) is 0 Å². The normalized spacial score (nSPS) is 56.0. The van der Waals surface area contributed by atoms with Crippen molar-refractivity contribution in [2.24, 2.45) is 28.6 Å². The number of furan rings is 1. The molecular formula is C22H32O4. The minimum Gasteiger partial charge on any atom is -0.472 e. The second-order valence-electron chi connectivity index (χ2n) is 10.3. The monoisotopic (exact) mass is 360 g/mol. The number of aliphatic hydroxyl groups excluding tert-OH is 1. The number of hydrogen-bond donors (Lipinski definition) is 3. The van der Waals surface area contributed by atoms with Crippen LogP contribution in [0.2, 0.25) is 0 Å². The highest BCUT2D eigenvalue weighted by Crippen LogP contribution is 2.72. The van der Waals surface area contributed by atoms with Crippen molar-refractivity contribution in [2.75, 3.05) is 0 Å². The number of fused-ring (bicyclic) bond motifs is 5. The van der Waals surface area contributed by atoms with E-state index < -0.39 is 16.6 Å². The first-order chi connectivity index (χ1) is 12.2. The summed E-state index contributed by atoms with van der Waals surface area (Å²) < 4.78 is 5.27. The van der Waals surface area contributed by atoms with Crippen molar-refractivity contribution in [3.8, 4) is 0 Å². The van der Waals surface area contributed by atoms with Crippen molar-refractivity contribution in [3.63, 3.8) is 0 Å². The Morgan fingerprint density at radius 1 is 1.04 bits per heavy atom. The van der Waals surface area contributed by atoms with Gasteiger partial charge in [0.05, 0.1) is 24.2 Å².